The summed E-state index contributed by atoms with van der Waals surface area (Å²) in [6.45, 7) is 7.43. The summed E-state index contributed by atoms with van der Waals surface area (Å²) in [5.74, 6) is -0.215. The molecule has 0 spiro atoms. The van der Waals surface area contributed by atoms with Crippen molar-refractivity contribution in [3.05, 3.63) is 62.6 Å². The smallest absolute Gasteiger partial charge is 0.251 e. The van der Waals surface area contributed by atoms with Gasteiger partial charge in [0.2, 0.25) is 10.0 Å². The summed E-state index contributed by atoms with van der Waals surface area (Å²) in [5, 5.41) is 0. The molecular formula is C19H24N2O4S. The van der Waals surface area contributed by atoms with E-state index in [2.05, 4.69) is 0 Å². The first-order valence-electron chi connectivity index (χ1n) is 8.20. The van der Waals surface area contributed by atoms with Gasteiger partial charge in [-0.3, -0.25) is 9.59 Å². The lowest BCUT2D eigenvalue weighted by Crippen LogP contribution is -2.28. The highest BCUT2D eigenvalue weighted by atomic mass is 32.2. The van der Waals surface area contributed by atoms with E-state index >= 15 is 0 Å². The number of aryl methyl sites for hydroxylation is 2. The van der Waals surface area contributed by atoms with Crippen LogP contribution in [0.1, 0.15) is 32.6 Å². The van der Waals surface area contributed by atoms with Crippen molar-refractivity contribution < 1.29 is 13.2 Å². The van der Waals surface area contributed by atoms with Gasteiger partial charge in [-0.15, -0.1) is 0 Å². The number of benzene rings is 1. The third-order valence-electron chi connectivity index (χ3n) is 4.69. The lowest BCUT2D eigenvalue weighted by molar-refractivity contribution is 0.0969. The lowest BCUT2D eigenvalue weighted by Gasteiger charge is -2.16. The second kappa shape index (κ2) is 7.17. The van der Waals surface area contributed by atoms with Gasteiger partial charge in [0, 0.05) is 31.9 Å². The van der Waals surface area contributed by atoms with Crippen LogP contribution in [0.15, 0.2) is 34.1 Å². The fourth-order valence-corrected chi connectivity index (χ4v) is 3.79. The van der Waals surface area contributed by atoms with Crippen molar-refractivity contribution in [3.8, 4) is 0 Å². The zero-order valence-corrected chi connectivity index (χ0v) is 16.8. The van der Waals surface area contributed by atoms with Crippen molar-refractivity contribution in [2.45, 2.75) is 39.1 Å². The molecule has 6 nitrogen and oxygen atoms in total. The number of ketones is 1. The molecule has 26 heavy (non-hydrogen) atoms. The normalized spacial score (nSPS) is 11.8. The van der Waals surface area contributed by atoms with Crippen molar-refractivity contribution in [1.29, 1.82) is 0 Å². The second-order valence-electron chi connectivity index (χ2n) is 6.68. The third-order valence-corrected chi connectivity index (χ3v) is 6.49. The molecule has 1 aromatic heterocycles. The van der Waals surface area contributed by atoms with Crippen LogP contribution < -0.4 is 5.56 Å². The molecule has 0 bridgehead atoms. The Morgan fingerprint density at radius 3 is 2.08 bits per heavy atom. The van der Waals surface area contributed by atoms with Crippen molar-refractivity contribution in [2.75, 3.05) is 14.1 Å². The molecule has 1 heterocycles. The Morgan fingerprint density at radius 1 is 1.04 bits per heavy atom. The number of carbonyl (C=O) groups excluding carboxylic acids is 1. The van der Waals surface area contributed by atoms with Crippen molar-refractivity contribution in [1.82, 2.24) is 8.87 Å². The predicted octanol–water partition coefficient (Wildman–Crippen LogP) is 2.22. The molecule has 0 unspecified atom stereocenters. The number of hydrogen-bond acceptors (Lipinski definition) is 4. The lowest BCUT2D eigenvalue weighted by atomic mass is 9.91. The first-order chi connectivity index (χ1) is 12.0. The average Bonchev–Trinajstić information content (AvgIpc) is 2.55. The number of Topliss-reactive ketones (excluding diaryl/α,β-unsaturated/α-hetero) is 1. The van der Waals surface area contributed by atoms with Gasteiger partial charge in [-0.2, -0.15) is 0 Å². The Hall–Kier alpha value is -2.25. The summed E-state index contributed by atoms with van der Waals surface area (Å²) < 4.78 is 26.8. The number of pyridine rings is 1. The minimum atomic E-state index is -3.68. The number of nitrogens with zero attached hydrogens (tertiary/aromatic N) is 2. The molecule has 0 aliphatic rings. The fraction of sp³-hybridized carbons (Fsp3) is 0.368. The number of carbonyl (C=O) groups is 1. The maximum atomic E-state index is 12.9. The third kappa shape index (κ3) is 3.64. The van der Waals surface area contributed by atoms with E-state index < -0.39 is 15.6 Å². The van der Waals surface area contributed by atoms with Crippen molar-refractivity contribution >= 4 is 15.8 Å². The van der Waals surface area contributed by atoms with Crippen LogP contribution in [0.2, 0.25) is 0 Å². The van der Waals surface area contributed by atoms with Crippen molar-refractivity contribution in [3.63, 3.8) is 0 Å². The molecule has 0 radical (unpaired) electrons. The molecule has 2 aromatic rings. The van der Waals surface area contributed by atoms with Crippen LogP contribution in [0.3, 0.4) is 0 Å². The van der Waals surface area contributed by atoms with Crippen molar-refractivity contribution in [2.24, 2.45) is 0 Å². The van der Waals surface area contributed by atoms with Gasteiger partial charge in [-0.1, -0.05) is 6.07 Å². The van der Waals surface area contributed by atoms with E-state index in [1.165, 1.54) is 32.4 Å². The van der Waals surface area contributed by atoms with Gasteiger partial charge in [-0.05, 0) is 56.0 Å². The van der Waals surface area contributed by atoms with Crippen LogP contribution in [0.5, 0.6) is 0 Å². The Morgan fingerprint density at radius 2 is 1.58 bits per heavy atom. The van der Waals surface area contributed by atoms with E-state index in [9.17, 15) is 18.0 Å². The minimum absolute atomic E-state index is 0.0243. The standard InChI is InChI=1S/C19H24N2O4S/c1-12-9-13(2)15(4)19(14(12)3)17(22)11-21-10-16(7-8-18(21)23)26(24,25)20(5)6/h7-10H,11H2,1-6H3. The molecule has 0 N–H and O–H groups in total. The maximum Gasteiger partial charge on any atom is 0.251 e. The largest absolute Gasteiger partial charge is 0.306 e. The van der Waals surface area contributed by atoms with Crippen LogP contribution in [-0.4, -0.2) is 37.2 Å². The van der Waals surface area contributed by atoms with E-state index in [1.807, 2.05) is 33.8 Å². The van der Waals surface area contributed by atoms with Crippen LogP contribution in [-0.2, 0) is 16.6 Å². The highest BCUT2D eigenvalue weighted by Gasteiger charge is 2.20. The van der Waals surface area contributed by atoms with E-state index in [0.717, 1.165) is 31.1 Å². The number of hydrogen-bond donors (Lipinski definition) is 0. The number of rotatable bonds is 5. The summed E-state index contributed by atoms with van der Waals surface area (Å²) in [4.78, 5) is 25.0. The predicted molar refractivity (Wildman–Crippen MR) is 101 cm³/mol. The molecule has 0 atom stereocenters. The molecule has 0 saturated carbocycles. The Kier molecular flexibility index (Phi) is 5.53. The molecule has 7 heteroatoms. The number of sulfonamides is 1. The van der Waals surface area contributed by atoms with E-state index in [4.69, 9.17) is 0 Å². The average molecular weight is 376 g/mol. The quantitative estimate of drug-likeness (QED) is 0.750. The second-order valence-corrected chi connectivity index (χ2v) is 8.83. The van der Waals surface area contributed by atoms with E-state index in [0.29, 0.717) is 5.56 Å². The molecule has 0 amide bonds. The van der Waals surface area contributed by atoms with Crippen LogP contribution in [0, 0.1) is 27.7 Å². The highest BCUT2D eigenvalue weighted by Crippen LogP contribution is 2.22. The maximum absolute atomic E-state index is 12.9. The van der Waals surface area contributed by atoms with Gasteiger partial charge in [0.1, 0.15) is 0 Å². The molecule has 0 saturated heterocycles. The van der Waals surface area contributed by atoms with E-state index in [1.54, 1.807) is 0 Å². The van der Waals surface area contributed by atoms with Gasteiger partial charge >= 0.3 is 0 Å². The summed E-state index contributed by atoms with van der Waals surface area (Å²) >= 11 is 0. The van der Waals surface area contributed by atoms with Gasteiger partial charge in [0.25, 0.3) is 5.56 Å². The molecule has 2 rings (SSSR count). The molecule has 0 fully saturated rings. The first kappa shape index (κ1) is 20.1. The molecule has 0 aliphatic heterocycles. The summed E-state index contributed by atoms with van der Waals surface area (Å²) in [6, 6.07) is 4.45. The molecule has 0 aliphatic carbocycles. The zero-order valence-electron chi connectivity index (χ0n) is 16.0. The zero-order chi connectivity index (χ0) is 19.8. The molecular weight excluding hydrogens is 352 g/mol. The van der Waals surface area contributed by atoms with Gasteiger partial charge in [-0.25, -0.2) is 12.7 Å². The summed E-state index contributed by atoms with van der Waals surface area (Å²) in [7, 11) is -0.854. The summed E-state index contributed by atoms with van der Waals surface area (Å²) in [5.41, 5.74) is 3.94. The Balaban J connectivity index is 2.51. The Labute approximate surface area is 154 Å². The fourth-order valence-electron chi connectivity index (χ4n) is 2.87. The summed E-state index contributed by atoms with van der Waals surface area (Å²) in [6.07, 6.45) is 1.23. The van der Waals surface area contributed by atoms with Gasteiger partial charge < -0.3 is 4.57 Å². The monoisotopic (exact) mass is 376 g/mol. The first-order valence-corrected chi connectivity index (χ1v) is 9.64. The van der Waals surface area contributed by atoms with Gasteiger partial charge in [0.15, 0.2) is 5.78 Å². The minimum Gasteiger partial charge on any atom is -0.306 e. The number of aromatic nitrogens is 1. The van der Waals surface area contributed by atoms with E-state index in [-0.39, 0.29) is 17.2 Å². The van der Waals surface area contributed by atoms with Crippen LogP contribution in [0.4, 0.5) is 0 Å². The highest BCUT2D eigenvalue weighted by molar-refractivity contribution is 7.89. The van der Waals surface area contributed by atoms with Gasteiger partial charge in [0.05, 0.1) is 11.4 Å². The molecule has 140 valence electrons. The topological polar surface area (TPSA) is 76.5 Å². The SMILES string of the molecule is Cc1cc(C)c(C)c(C(=O)Cn2cc(S(=O)(=O)N(C)C)ccc2=O)c1C. The van der Waals surface area contributed by atoms with Crippen LogP contribution >= 0.6 is 0 Å². The van der Waals surface area contributed by atoms with Crippen LogP contribution in [0.25, 0.3) is 0 Å². The molecule has 1 aromatic carbocycles. The Bertz CT molecular complexity index is 1010.